The zero-order chi connectivity index (χ0) is 31.0. The van der Waals surface area contributed by atoms with Crippen LogP contribution >= 0.6 is 0 Å². The smallest absolute Gasteiger partial charge is 0.305 e. The van der Waals surface area contributed by atoms with Crippen LogP contribution in [0.3, 0.4) is 0 Å². The highest BCUT2D eigenvalue weighted by molar-refractivity contribution is 5.93. The summed E-state index contributed by atoms with van der Waals surface area (Å²) < 4.78 is 31.3. The Hall–Kier alpha value is -4.35. The van der Waals surface area contributed by atoms with Crippen molar-refractivity contribution in [2.45, 2.75) is 65.0 Å². The summed E-state index contributed by atoms with van der Waals surface area (Å²) >= 11 is 0. The van der Waals surface area contributed by atoms with Gasteiger partial charge in [-0.25, -0.2) is 8.78 Å². The number of carboxylic acids is 1. The van der Waals surface area contributed by atoms with Gasteiger partial charge >= 0.3 is 5.97 Å². The van der Waals surface area contributed by atoms with Gasteiger partial charge in [0.2, 0.25) is 6.41 Å². The van der Waals surface area contributed by atoms with Crippen LogP contribution in [0.4, 0.5) is 8.78 Å². The number of carbonyl (C=O) groups is 3. The van der Waals surface area contributed by atoms with E-state index in [2.05, 4.69) is 29.6 Å². The van der Waals surface area contributed by atoms with E-state index in [9.17, 15) is 28.0 Å². The van der Waals surface area contributed by atoms with E-state index in [-0.39, 0.29) is 35.0 Å². The molecule has 1 aliphatic rings. The summed E-state index contributed by atoms with van der Waals surface area (Å²) in [6.45, 7) is 6.60. The number of halogens is 2. The van der Waals surface area contributed by atoms with Crippen molar-refractivity contribution >= 4 is 18.3 Å². The number of aromatic nitrogens is 3. The van der Waals surface area contributed by atoms with Crippen molar-refractivity contribution < 1.29 is 28.3 Å². The number of hydrogen-bond donors (Lipinski definition) is 3. The van der Waals surface area contributed by atoms with Crippen molar-refractivity contribution in [1.82, 2.24) is 25.0 Å². The molecule has 12 heteroatoms. The van der Waals surface area contributed by atoms with Crippen LogP contribution in [-0.2, 0) is 16.6 Å². The van der Waals surface area contributed by atoms with Gasteiger partial charge < -0.3 is 20.3 Å². The number of amides is 2. The Bertz CT molecular complexity index is 1460. The maximum atomic E-state index is 14.1. The molecule has 0 spiro atoms. The van der Waals surface area contributed by atoms with Crippen LogP contribution in [0.25, 0.3) is 11.3 Å². The van der Waals surface area contributed by atoms with Crippen LogP contribution in [0.1, 0.15) is 79.5 Å². The first-order valence-corrected chi connectivity index (χ1v) is 13.8. The zero-order valence-corrected chi connectivity index (χ0v) is 24.2. The standard InChI is InChI=1S/C15H15F2N3O3.C15H22N2O2/c1-8-6-19-20(2)15(8)9-3-10(14(17)11(16)4-9)12(18-7-21)5-13(22)23;1-11(2)8-9-16-14(18)13-7-4-10-17(15(13)19)12-5-3-6-12/h3-4,6-7,12H,5H2,1-2H3,(H,18,21)(H,22,23);4,7,10-12H,3,5-6,8-9H2,1-2H3,(H,16,18)/t12-;/m0./s1. The highest BCUT2D eigenvalue weighted by atomic mass is 19.2. The lowest BCUT2D eigenvalue weighted by molar-refractivity contribution is -0.137. The second-order valence-corrected chi connectivity index (χ2v) is 10.8. The van der Waals surface area contributed by atoms with Crippen molar-refractivity contribution in [2.75, 3.05) is 6.54 Å². The third-order valence-corrected chi connectivity index (χ3v) is 7.17. The van der Waals surface area contributed by atoms with E-state index in [0.29, 0.717) is 23.7 Å². The van der Waals surface area contributed by atoms with Gasteiger partial charge in [0.15, 0.2) is 11.6 Å². The van der Waals surface area contributed by atoms with Crippen LogP contribution in [0.2, 0.25) is 0 Å². The highest BCUT2D eigenvalue weighted by Gasteiger charge is 2.24. The van der Waals surface area contributed by atoms with E-state index in [4.69, 9.17) is 5.11 Å². The van der Waals surface area contributed by atoms with Crippen molar-refractivity contribution in [3.05, 3.63) is 75.3 Å². The molecule has 4 rings (SSSR count). The van der Waals surface area contributed by atoms with Crippen LogP contribution in [0.5, 0.6) is 0 Å². The van der Waals surface area contributed by atoms with Crippen LogP contribution < -0.4 is 16.2 Å². The molecule has 1 fully saturated rings. The summed E-state index contributed by atoms with van der Waals surface area (Å²) in [4.78, 5) is 45.8. The van der Waals surface area contributed by atoms with Gasteiger partial charge in [0, 0.05) is 37.0 Å². The van der Waals surface area contributed by atoms with Gasteiger partial charge in [-0.2, -0.15) is 5.10 Å². The molecular formula is C30H37F2N5O5. The van der Waals surface area contributed by atoms with Gasteiger partial charge in [0.05, 0.1) is 24.4 Å². The Morgan fingerprint density at radius 3 is 2.50 bits per heavy atom. The first kappa shape index (κ1) is 32.2. The molecular weight excluding hydrogens is 548 g/mol. The number of aryl methyl sites for hydroxylation is 2. The van der Waals surface area contributed by atoms with Gasteiger partial charge in [-0.1, -0.05) is 13.8 Å². The van der Waals surface area contributed by atoms with E-state index in [0.717, 1.165) is 30.9 Å². The summed E-state index contributed by atoms with van der Waals surface area (Å²) in [5.74, 6) is -3.26. The molecule has 3 N–H and O–H groups in total. The number of nitrogens with one attached hydrogen (secondary N) is 2. The maximum absolute atomic E-state index is 14.1. The molecule has 1 aliphatic carbocycles. The summed E-state index contributed by atoms with van der Waals surface area (Å²) in [5, 5.41) is 18.0. The number of rotatable bonds is 11. The van der Waals surface area contributed by atoms with Crippen molar-refractivity contribution in [1.29, 1.82) is 0 Å². The van der Waals surface area contributed by atoms with Crippen LogP contribution in [0, 0.1) is 24.5 Å². The Morgan fingerprint density at radius 1 is 1.24 bits per heavy atom. The normalized spacial score (nSPS) is 13.5. The molecule has 10 nitrogen and oxygen atoms in total. The Kier molecular flexibility index (Phi) is 11.1. The Balaban J connectivity index is 0.000000235. The number of aliphatic carboxylic acids is 1. The van der Waals surface area contributed by atoms with E-state index < -0.39 is 30.1 Å². The molecule has 1 aromatic carbocycles. The first-order chi connectivity index (χ1) is 19.9. The van der Waals surface area contributed by atoms with Gasteiger partial charge in [-0.15, -0.1) is 0 Å². The molecule has 226 valence electrons. The van der Waals surface area contributed by atoms with E-state index >= 15 is 0 Å². The topological polar surface area (TPSA) is 135 Å². The second kappa shape index (κ2) is 14.5. The average molecular weight is 586 g/mol. The first-order valence-electron chi connectivity index (χ1n) is 13.8. The second-order valence-electron chi connectivity index (χ2n) is 10.8. The fraction of sp³-hybridized carbons (Fsp3) is 0.433. The number of carboxylic acid groups (broad SMARTS) is 1. The van der Waals surface area contributed by atoms with Gasteiger partial charge in [-0.3, -0.25) is 23.9 Å². The lowest BCUT2D eigenvalue weighted by Gasteiger charge is -2.27. The molecule has 0 radical (unpaired) electrons. The minimum absolute atomic E-state index is 0.158. The average Bonchev–Trinajstić information content (AvgIpc) is 3.23. The number of hydrogen-bond acceptors (Lipinski definition) is 5. The number of nitrogens with zero attached hydrogens (tertiary/aromatic N) is 3. The quantitative estimate of drug-likeness (QED) is 0.288. The Morgan fingerprint density at radius 2 is 1.95 bits per heavy atom. The van der Waals surface area contributed by atoms with E-state index in [1.807, 2.05) is 0 Å². The molecule has 0 saturated heterocycles. The molecule has 1 atom stereocenters. The van der Waals surface area contributed by atoms with Crippen molar-refractivity contribution in [3.63, 3.8) is 0 Å². The fourth-order valence-electron chi connectivity index (χ4n) is 4.68. The largest absolute Gasteiger partial charge is 0.481 e. The molecule has 2 heterocycles. The van der Waals surface area contributed by atoms with E-state index in [1.54, 1.807) is 43.1 Å². The number of pyridine rings is 1. The monoisotopic (exact) mass is 585 g/mol. The number of carbonyl (C=O) groups excluding carboxylic acids is 2. The van der Waals surface area contributed by atoms with Gasteiger partial charge in [0.1, 0.15) is 5.56 Å². The lowest BCUT2D eigenvalue weighted by Crippen LogP contribution is -2.36. The molecule has 3 aromatic rings. The van der Waals surface area contributed by atoms with Crippen LogP contribution in [-0.4, -0.2) is 44.3 Å². The van der Waals surface area contributed by atoms with Gasteiger partial charge in [-0.05, 0) is 68.4 Å². The minimum Gasteiger partial charge on any atom is -0.481 e. The third kappa shape index (κ3) is 7.89. The predicted octanol–water partition coefficient (Wildman–Crippen LogP) is 4.28. The SMILES string of the molecule is CC(C)CCNC(=O)c1cccn(C2CCC2)c1=O.Cc1cnn(C)c1-c1cc(F)c(F)c([C@H](CC(=O)O)NC=O)c1. The maximum Gasteiger partial charge on any atom is 0.305 e. The highest BCUT2D eigenvalue weighted by Crippen LogP contribution is 2.31. The van der Waals surface area contributed by atoms with Gasteiger partial charge in [0.25, 0.3) is 11.5 Å². The third-order valence-electron chi connectivity index (χ3n) is 7.17. The predicted molar refractivity (Wildman–Crippen MR) is 153 cm³/mol. The molecule has 2 aromatic heterocycles. The molecule has 1 saturated carbocycles. The molecule has 0 bridgehead atoms. The molecule has 0 unspecified atom stereocenters. The molecule has 2 amide bonds. The molecule has 0 aliphatic heterocycles. The lowest BCUT2D eigenvalue weighted by atomic mass is 9.92. The zero-order valence-electron chi connectivity index (χ0n) is 24.2. The summed E-state index contributed by atoms with van der Waals surface area (Å²) in [6, 6.07) is 4.86. The fourth-order valence-corrected chi connectivity index (χ4v) is 4.68. The summed E-state index contributed by atoms with van der Waals surface area (Å²) in [7, 11) is 1.65. The number of benzene rings is 1. The summed E-state index contributed by atoms with van der Waals surface area (Å²) in [5.41, 5.74) is 1.55. The van der Waals surface area contributed by atoms with E-state index in [1.165, 1.54) is 17.2 Å². The van der Waals surface area contributed by atoms with Crippen LogP contribution in [0.15, 0.2) is 41.5 Å². The minimum atomic E-state index is -1.24. The summed E-state index contributed by atoms with van der Waals surface area (Å²) in [6.07, 6.45) is 7.23. The Labute approximate surface area is 242 Å². The molecule has 42 heavy (non-hydrogen) atoms. The van der Waals surface area contributed by atoms with Crippen molar-refractivity contribution in [2.24, 2.45) is 13.0 Å². The van der Waals surface area contributed by atoms with Crippen molar-refractivity contribution in [3.8, 4) is 11.3 Å².